The Labute approximate surface area is 183 Å². The van der Waals surface area contributed by atoms with Gasteiger partial charge in [-0.15, -0.1) is 0 Å². The first kappa shape index (κ1) is 20.1. The first-order valence-corrected chi connectivity index (χ1v) is 10.5. The summed E-state index contributed by atoms with van der Waals surface area (Å²) in [4.78, 5) is 27.1. The Morgan fingerprint density at radius 3 is 2.73 bits per heavy atom. The number of carbonyl (C=O) groups excluding carboxylic acids is 1. The standard InChI is InChI=1S/C21H22BrN7O/c22-18-14-25-20(28-19(18)24-13-15-5-4-8-23-12-15)26-16-6-3-7-17(11-16)27-21(30)29-9-1-2-10-29/h3-8,11-12,14H,1-2,9-10,13H2,(H,27,30)(H2,24,25,26,28). The molecule has 0 saturated carbocycles. The molecule has 0 radical (unpaired) electrons. The van der Waals surface area contributed by atoms with Gasteiger partial charge in [-0.25, -0.2) is 9.78 Å². The third-order valence-corrected chi connectivity index (χ3v) is 5.27. The van der Waals surface area contributed by atoms with Crippen LogP contribution in [-0.2, 0) is 6.54 Å². The Morgan fingerprint density at radius 2 is 1.93 bits per heavy atom. The number of nitrogens with zero attached hydrogens (tertiary/aromatic N) is 4. The molecular formula is C21H22BrN7O. The van der Waals surface area contributed by atoms with Gasteiger partial charge < -0.3 is 20.9 Å². The van der Waals surface area contributed by atoms with Gasteiger partial charge in [-0.3, -0.25) is 4.98 Å². The SMILES string of the molecule is O=C(Nc1cccc(Nc2ncc(Br)c(NCc3cccnc3)n2)c1)N1CCCC1. The van der Waals surface area contributed by atoms with Crippen molar-refractivity contribution < 1.29 is 4.79 Å². The first-order chi connectivity index (χ1) is 14.7. The minimum Gasteiger partial charge on any atom is -0.365 e. The van der Waals surface area contributed by atoms with Crippen LogP contribution in [0.1, 0.15) is 18.4 Å². The van der Waals surface area contributed by atoms with Crippen LogP contribution >= 0.6 is 15.9 Å². The van der Waals surface area contributed by atoms with Crippen molar-refractivity contribution in [3.63, 3.8) is 0 Å². The van der Waals surface area contributed by atoms with Gasteiger partial charge >= 0.3 is 6.03 Å². The number of carbonyl (C=O) groups is 1. The van der Waals surface area contributed by atoms with Gasteiger partial charge in [0.05, 0.1) is 4.47 Å². The number of aromatic nitrogens is 3. The Morgan fingerprint density at radius 1 is 1.10 bits per heavy atom. The third kappa shape index (κ3) is 5.24. The largest absolute Gasteiger partial charge is 0.365 e. The third-order valence-electron chi connectivity index (χ3n) is 4.69. The molecule has 1 aromatic carbocycles. The molecule has 1 aliphatic heterocycles. The lowest BCUT2D eigenvalue weighted by molar-refractivity contribution is 0.222. The van der Waals surface area contributed by atoms with Gasteiger partial charge in [-0.05, 0) is 58.6 Å². The molecule has 3 aromatic rings. The summed E-state index contributed by atoms with van der Waals surface area (Å²) in [7, 11) is 0. The van der Waals surface area contributed by atoms with E-state index < -0.39 is 0 Å². The van der Waals surface area contributed by atoms with Crippen LogP contribution in [0, 0.1) is 0 Å². The summed E-state index contributed by atoms with van der Waals surface area (Å²) in [5.74, 6) is 1.13. The molecule has 4 rings (SSSR count). The van der Waals surface area contributed by atoms with Gasteiger partial charge in [-0.1, -0.05) is 12.1 Å². The number of anilines is 4. The van der Waals surface area contributed by atoms with E-state index in [2.05, 4.69) is 46.8 Å². The molecule has 1 saturated heterocycles. The summed E-state index contributed by atoms with van der Waals surface area (Å²) in [6.07, 6.45) is 7.37. The van der Waals surface area contributed by atoms with E-state index in [1.807, 2.05) is 47.5 Å². The van der Waals surface area contributed by atoms with E-state index in [1.165, 1.54) is 0 Å². The monoisotopic (exact) mass is 467 g/mol. The minimum atomic E-state index is -0.0635. The Balaban J connectivity index is 1.41. The fourth-order valence-electron chi connectivity index (χ4n) is 3.17. The van der Waals surface area contributed by atoms with Crippen LogP contribution in [-0.4, -0.2) is 39.0 Å². The summed E-state index contributed by atoms with van der Waals surface area (Å²) in [6.45, 7) is 2.22. The van der Waals surface area contributed by atoms with Gasteiger partial charge in [-0.2, -0.15) is 4.98 Å². The van der Waals surface area contributed by atoms with Gasteiger partial charge in [0, 0.05) is 49.6 Å². The Bertz CT molecular complexity index is 1010. The van der Waals surface area contributed by atoms with Gasteiger partial charge in [0.2, 0.25) is 5.95 Å². The molecule has 154 valence electrons. The van der Waals surface area contributed by atoms with Crippen LogP contribution in [0.2, 0.25) is 0 Å². The summed E-state index contributed by atoms with van der Waals surface area (Å²) in [5.41, 5.74) is 2.57. The summed E-state index contributed by atoms with van der Waals surface area (Å²) in [5, 5.41) is 9.43. The number of halogens is 1. The maximum Gasteiger partial charge on any atom is 0.321 e. The molecule has 8 nitrogen and oxygen atoms in total. The number of benzene rings is 1. The van der Waals surface area contributed by atoms with Gasteiger partial charge in [0.15, 0.2) is 0 Å². The highest BCUT2D eigenvalue weighted by molar-refractivity contribution is 9.10. The zero-order chi connectivity index (χ0) is 20.8. The highest BCUT2D eigenvalue weighted by atomic mass is 79.9. The number of nitrogens with one attached hydrogen (secondary N) is 3. The number of hydrogen-bond acceptors (Lipinski definition) is 6. The van der Waals surface area contributed by atoms with E-state index in [-0.39, 0.29) is 6.03 Å². The topological polar surface area (TPSA) is 95.1 Å². The van der Waals surface area contributed by atoms with E-state index in [4.69, 9.17) is 0 Å². The fourth-order valence-corrected chi connectivity index (χ4v) is 3.50. The smallest absolute Gasteiger partial charge is 0.321 e. The molecule has 0 bridgehead atoms. The second kappa shape index (κ2) is 9.53. The van der Waals surface area contributed by atoms with Crippen molar-refractivity contribution in [1.82, 2.24) is 19.9 Å². The van der Waals surface area contributed by atoms with Crippen molar-refractivity contribution in [3.05, 3.63) is 65.0 Å². The Kier molecular flexibility index (Phi) is 6.38. The lowest BCUT2D eigenvalue weighted by Crippen LogP contribution is -2.32. The molecular weight excluding hydrogens is 446 g/mol. The number of amides is 2. The van der Waals surface area contributed by atoms with E-state index in [0.29, 0.717) is 18.3 Å². The lowest BCUT2D eigenvalue weighted by atomic mass is 10.3. The van der Waals surface area contributed by atoms with E-state index in [9.17, 15) is 4.79 Å². The van der Waals surface area contributed by atoms with Crippen LogP contribution < -0.4 is 16.0 Å². The molecule has 2 amide bonds. The van der Waals surface area contributed by atoms with Crippen molar-refractivity contribution in [3.8, 4) is 0 Å². The molecule has 1 fully saturated rings. The quantitative estimate of drug-likeness (QED) is 0.489. The fraction of sp³-hybridized carbons (Fsp3) is 0.238. The molecule has 0 atom stereocenters. The van der Waals surface area contributed by atoms with Crippen molar-refractivity contribution in [2.45, 2.75) is 19.4 Å². The average molecular weight is 468 g/mol. The molecule has 3 N–H and O–H groups in total. The lowest BCUT2D eigenvalue weighted by Gasteiger charge is -2.16. The van der Waals surface area contributed by atoms with E-state index >= 15 is 0 Å². The van der Waals surface area contributed by atoms with Crippen molar-refractivity contribution in [1.29, 1.82) is 0 Å². The predicted molar refractivity (Wildman–Crippen MR) is 121 cm³/mol. The number of likely N-dealkylation sites (tertiary alicyclic amines) is 1. The minimum absolute atomic E-state index is 0.0635. The van der Waals surface area contributed by atoms with E-state index in [1.54, 1.807) is 12.4 Å². The zero-order valence-corrected chi connectivity index (χ0v) is 17.9. The van der Waals surface area contributed by atoms with Crippen LogP contribution in [0.25, 0.3) is 0 Å². The zero-order valence-electron chi connectivity index (χ0n) is 16.3. The van der Waals surface area contributed by atoms with Gasteiger partial charge in [0.1, 0.15) is 5.82 Å². The van der Waals surface area contributed by atoms with Crippen LogP contribution in [0.4, 0.5) is 27.9 Å². The summed E-state index contributed by atoms with van der Waals surface area (Å²) in [6, 6.07) is 11.3. The summed E-state index contributed by atoms with van der Waals surface area (Å²) < 4.78 is 0.767. The predicted octanol–water partition coefficient (Wildman–Crippen LogP) is 4.62. The van der Waals surface area contributed by atoms with Crippen molar-refractivity contribution in [2.75, 3.05) is 29.0 Å². The molecule has 3 heterocycles. The highest BCUT2D eigenvalue weighted by Gasteiger charge is 2.17. The maximum absolute atomic E-state index is 12.3. The first-order valence-electron chi connectivity index (χ1n) is 9.76. The number of pyridine rings is 1. The van der Waals surface area contributed by atoms with Crippen LogP contribution in [0.3, 0.4) is 0 Å². The van der Waals surface area contributed by atoms with Crippen molar-refractivity contribution in [2.24, 2.45) is 0 Å². The molecule has 0 unspecified atom stereocenters. The normalized spacial score (nSPS) is 13.2. The Hall–Kier alpha value is -3.20. The number of hydrogen-bond donors (Lipinski definition) is 3. The molecule has 0 aliphatic carbocycles. The number of rotatable bonds is 6. The van der Waals surface area contributed by atoms with E-state index in [0.717, 1.165) is 47.3 Å². The molecule has 0 spiro atoms. The molecule has 2 aromatic heterocycles. The highest BCUT2D eigenvalue weighted by Crippen LogP contribution is 2.24. The maximum atomic E-state index is 12.3. The molecule has 9 heteroatoms. The summed E-state index contributed by atoms with van der Waals surface area (Å²) >= 11 is 3.48. The second-order valence-corrected chi connectivity index (χ2v) is 7.79. The second-order valence-electron chi connectivity index (χ2n) is 6.94. The van der Waals surface area contributed by atoms with Crippen LogP contribution in [0.5, 0.6) is 0 Å². The van der Waals surface area contributed by atoms with Gasteiger partial charge in [0.25, 0.3) is 0 Å². The average Bonchev–Trinajstić information content (AvgIpc) is 3.30. The molecule has 1 aliphatic rings. The molecule has 30 heavy (non-hydrogen) atoms. The van der Waals surface area contributed by atoms with Crippen molar-refractivity contribution >= 4 is 45.1 Å². The van der Waals surface area contributed by atoms with Crippen LogP contribution in [0.15, 0.2) is 59.5 Å². The number of urea groups is 1.